The van der Waals surface area contributed by atoms with Gasteiger partial charge in [0.25, 0.3) is 0 Å². The number of rotatable bonds is 10. The minimum Gasteiger partial charge on any atom is -1.00 e. The third kappa shape index (κ3) is 8.54. The minimum atomic E-state index is -0.869. The fraction of sp³-hybridized carbons (Fsp3) is 0.344. The molecule has 0 aliphatic carbocycles. The predicted molar refractivity (Wildman–Crippen MR) is 162 cm³/mol. The molecule has 3 aromatic carbocycles. The molecule has 0 spiro atoms. The standard InChI is InChI=1S/C32H35ClN4O6.HI/c1-3-41-31(39)22-9-11-24(12-10-22)35-32(40)36-27(17-23-6-4-5-7-26(23)33)30(38)34-25-14-15-37(2,19-25)18-21-8-13-28-29(16-21)43-20-42-28;/h4-13,16,25,27H,3,14-15,17-20H2,1-2H3,(H2-,34,35,36,38,39,40);1H/t25-,27-,37?;/m0./s1. The number of nitrogens with zero attached hydrogens (tertiary/aromatic N) is 1. The third-order valence-corrected chi connectivity index (χ3v) is 8.05. The van der Waals surface area contributed by atoms with E-state index in [9.17, 15) is 14.4 Å². The number of halogens is 2. The van der Waals surface area contributed by atoms with Crippen LogP contribution in [0.25, 0.3) is 0 Å². The Morgan fingerprint density at radius 2 is 1.80 bits per heavy atom. The molecule has 234 valence electrons. The molecule has 3 aromatic rings. The molecule has 2 heterocycles. The molecule has 3 amide bonds. The van der Waals surface area contributed by atoms with Crippen LogP contribution in [-0.2, 0) is 22.5 Å². The Bertz CT molecular complexity index is 1490. The molecule has 0 radical (unpaired) electrons. The summed E-state index contributed by atoms with van der Waals surface area (Å²) in [5.41, 5.74) is 2.74. The molecule has 1 saturated heterocycles. The zero-order valence-electron chi connectivity index (χ0n) is 24.6. The summed E-state index contributed by atoms with van der Waals surface area (Å²) in [6, 6.07) is 18.1. The van der Waals surface area contributed by atoms with Gasteiger partial charge in [-0.3, -0.25) is 4.79 Å². The Hall–Kier alpha value is -3.55. The normalized spacial score (nSPS) is 18.9. The van der Waals surface area contributed by atoms with Gasteiger partial charge < -0.3 is 58.6 Å². The second-order valence-electron chi connectivity index (χ2n) is 11.1. The maximum Gasteiger partial charge on any atom is 0.338 e. The average molecular weight is 735 g/mol. The van der Waals surface area contributed by atoms with Gasteiger partial charge >= 0.3 is 12.0 Å². The van der Waals surface area contributed by atoms with Crippen molar-refractivity contribution in [2.45, 2.75) is 38.4 Å². The highest BCUT2D eigenvalue weighted by molar-refractivity contribution is 6.31. The molecule has 3 N–H and O–H groups in total. The van der Waals surface area contributed by atoms with Gasteiger partial charge in [-0.05, 0) is 61.0 Å². The number of anilines is 1. The van der Waals surface area contributed by atoms with Crippen molar-refractivity contribution in [2.75, 3.05) is 38.9 Å². The number of carbonyl (C=O) groups is 3. The number of amides is 3. The van der Waals surface area contributed by atoms with Crippen LogP contribution >= 0.6 is 11.6 Å². The van der Waals surface area contributed by atoms with Crippen molar-refractivity contribution in [1.29, 1.82) is 0 Å². The van der Waals surface area contributed by atoms with Crippen molar-refractivity contribution in [3.63, 3.8) is 0 Å². The van der Waals surface area contributed by atoms with E-state index in [1.807, 2.05) is 30.3 Å². The van der Waals surface area contributed by atoms with Crippen LogP contribution < -0.4 is 49.4 Å². The number of ether oxygens (including phenoxy) is 3. The van der Waals surface area contributed by atoms with E-state index in [1.165, 1.54) is 0 Å². The molecule has 10 nitrogen and oxygen atoms in total. The molecule has 1 fully saturated rings. The van der Waals surface area contributed by atoms with E-state index in [4.69, 9.17) is 25.8 Å². The van der Waals surface area contributed by atoms with Crippen LogP contribution in [0.5, 0.6) is 11.5 Å². The summed E-state index contributed by atoms with van der Waals surface area (Å²) in [7, 11) is 2.18. The summed E-state index contributed by atoms with van der Waals surface area (Å²) >= 11 is 6.40. The number of likely N-dealkylation sites (tertiary alicyclic amines) is 1. The number of hydrogen-bond acceptors (Lipinski definition) is 6. The van der Waals surface area contributed by atoms with E-state index in [1.54, 1.807) is 37.3 Å². The maximum atomic E-state index is 13.6. The molecule has 12 heteroatoms. The lowest BCUT2D eigenvalue weighted by Crippen LogP contribution is -3.00. The molecule has 2 aliphatic rings. The van der Waals surface area contributed by atoms with Crippen LogP contribution in [0.4, 0.5) is 10.5 Å². The first-order valence-corrected chi connectivity index (χ1v) is 14.7. The highest BCUT2D eigenvalue weighted by atomic mass is 127. The van der Waals surface area contributed by atoms with Gasteiger partial charge in [-0.25, -0.2) is 9.59 Å². The van der Waals surface area contributed by atoms with Crippen LogP contribution in [0, 0.1) is 0 Å². The zero-order chi connectivity index (χ0) is 30.4. The first-order valence-electron chi connectivity index (χ1n) is 14.3. The van der Waals surface area contributed by atoms with Gasteiger partial charge in [0.1, 0.15) is 12.6 Å². The van der Waals surface area contributed by atoms with Gasteiger partial charge in [-0.1, -0.05) is 29.8 Å². The summed E-state index contributed by atoms with van der Waals surface area (Å²) in [5.74, 6) is 0.796. The number of fused-ring (bicyclic) bond motifs is 1. The fourth-order valence-electron chi connectivity index (χ4n) is 5.55. The molecule has 3 atom stereocenters. The minimum absolute atomic E-state index is 0. The molecule has 0 saturated carbocycles. The second-order valence-corrected chi connectivity index (χ2v) is 11.5. The number of hydrogen-bond donors (Lipinski definition) is 3. The number of benzene rings is 3. The molecule has 2 aliphatic heterocycles. The highest BCUT2D eigenvalue weighted by Crippen LogP contribution is 2.34. The monoisotopic (exact) mass is 734 g/mol. The van der Waals surface area contributed by atoms with Gasteiger partial charge in [0.05, 0.1) is 38.3 Å². The number of esters is 1. The van der Waals surface area contributed by atoms with Crippen molar-refractivity contribution in [3.8, 4) is 11.5 Å². The lowest BCUT2D eigenvalue weighted by atomic mass is 10.0. The van der Waals surface area contributed by atoms with Gasteiger partial charge in [-0.2, -0.15) is 0 Å². The lowest BCUT2D eigenvalue weighted by Gasteiger charge is -2.30. The highest BCUT2D eigenvalue weighted by Gasteiger charge is 2.37. The largest absolute Gasteiger partial charge is 1.00 e. The van der Waals surface area contributed by atoms with Crippen LogP contribution in [0.2, 0.25) is 5.02 Å². The zero-order valence-corrected chi connectivity index (χ0v) is 27.5. The summed E-state index contributed by atoms with van der Waals surface area (Å²) in [6.07, 6.45) is 1.03. The first kappa shape index (κ1) is 33.3. The molecule has 1 unspecified atom stereocenters. The number of likely N-dealkylation sites (N-methyl/N-ethyl adjacent to an activating group) is 1. The van der Waals surface area contributed by atoms with Crippen molar-refractivity contribution in [3.05, 3.63) is 88.4 Å². The summed E-state index contributed by atoms with van der Waals surface area (Å²) in [4.78, 5) is 38.5. The molecule has 0 bridgehead atoms. The van der Waals surface area contributed by atoms with E-state index >= 15 is 0 Å². The van der Waals surface area contributed by atoms with E-state index in [0.717, 1.165) is 53.2 Å². The SMILES string of the molecule is CCOC(=O)c1ccc(NC(=O)N[C@@H](Cc2ccccc2Cl)C(=O)N[C@H]2CC[N+](C)(Cc3ccc4c(c3)OCO4)C2)cc1.[I-]. The van der Waals surface area contributed by atoms with Crippen LogP contribution in [0.3, 0.4) is 0 Å². The molecule has 44 heavy (non-hydrogen) atoms. The van der Waals surface area contributed by atoms with Crippen molar-refractivity contribution >= 4 is 35.2 Å². The van der Waals surface area contributed by atoms with Crippen LogP contribution in [0.15, 0.2) is 66.7 Å². The van der Waals surface area contributed by atoms with Crippen LogP contribution in [-0.4, -0.2) is 68.0 Å². The quantitative estimate of drug-likeness (QED) is 0.166. The Kier molecular flexibility index (Phi) is 11.3. The lowest BCUT2D eigenvalue weighted by molar-refractivity contribution is -0.911. The molecule has 0 aromatic heterocycles. The van der Waals surface area contributed by atoms with E-state index < -0.39 is 18.0 Å². The van der Waals surface area contributed by atoms with Crippen molar-refractivity contribution < 1.29 is 57.1 Å². The maximum absolute atomic E-state index is 13.6. The second kappa shape index (κ2) is 15.0. The number of carbonyl (C=O) groups excluding carboxylic acids is 3. The van der Waals surface area contributed by atoms with E-state index in [-0.39, 0.29) is 55.7 Å². The van der Waals surface area contributed by atoms with Gasteiger partial charge in [0.2, 0.25) is 12.7 Å². The Morgan fingerprint density at radius 1 is 1.05 bits per heavy atom. The number of urea groups is 1. The number of quaternary nitrogens is 1. The van der Waals surface area contributed by atoms with E-state index in [0.29, 0.717) is 16.3 Å². The Balaban J connectivity index is 0.00000442. The predicted octanol–water partition coefficient (Wildman–Crippen LogP) is 1.52. The summed E-state index contributed by atoms with van der Waals surface area (Å²) < 4.78 is 16.7. The van der Waals surface area contributed by atoms with Crippen LogP contribution in [0.1, 0.15) is 34.8 Å². The molecule has 5 rings (SSSR count). The smallest absolute Gasteiger partial charge is 0.338 e. The topological polar surface area (TPSA) is 115 Å². The average Bonchev–Trinajstić information content (AvgIpc) is 3.60. The third-order valence-electron chi connectivity index (χ3n) is 7.68. The van der Waals surface area contributed by atoms with Crippen molar-refractivity contribution in [1.82, 2.24) is 10.6 Å². The molecular formula is C32H36ClIN4O6. The Labute approximate surface area is 279 Å². The van der Waals surface area contributed by atoms with Gasteiger partial charge in [-0.15, -0.1) is 0 Å². The number of nitrogens with one attached hydrogen (secondary N) is 3. The van der Waals surface area contributed by atoms with Crippen molar-refractivity contribution in [2.24, 2.45) is 0 Å². The van der Waals surface area contributed by atoms with Gasteiger partial charge in [0.15, 0.2) is 11.5 Å². The first-order chi connectivity index (χ1) is 20.7. The van der Waals surface area contributed by atoms with Gasteiger partial charge in [0, 0.05) is 29.1 Å². The Morgan fingerprint density at radius 3 is 2.55 bits per heavy atom. The summed E-state index contributed by atoms with van der Waals surface area (Å²) in [6.45, 7) is 4.68. The fourth-order valence-corrected chi connectivity index (χ4v) is 5.76. The molecular weight excluding hydrogens is 699 g/mol. The summed E-state index contributed by atoms with van der Waals surface area (Å²) in [5, 5.41) is 9.24. The van der Waals surface area contributed by atoms with E-state index in [2.05, 4.69) is 29.1 Å².